The summed E-state index contributed by atoms with van der Waals surface area (Å²) in [6, 6.07) is 63.3. The molecule has 13 aromatic rings. The smallest absolute Gasteiger partial charge is 0.144 e. The van der Waals surface area contributed by atoms with Gasteiger partial charge in [-0.2, -0.15) is 0 Å². The zero-order valence-corrected chi connectivity index (χ0v) is 43.1. The predicted molar refractivity (Wildman–Crippen MR) is 312 cm³/mol. The number of rotatable bonds is 2. The molecule has 0 amide bonds. The van der Waals surface area contributed by atoms with Crippen LogP contribution >= 0.6 is 0 Å². The fraction of sp³-hybridized carbons (Fsp3) is 0.155. The van der Waals surface area contributed by atoms with E-state index in [-0.39, 0.29) is 16.7 Å². The van der Waals surface area contributed by atoms with E-state index in [4.69, 9.17) is 8.83 Å². The van der Waals surface area contributed by atoms with Gasteiger partial charge in [-0.05, 0) is 126 Å². The molecule has 0 spiro atoms. The van der Waals surface area contributed by atoms with Crippen molar-refractivity contribution in [1.29, 1.82) is 0 Å². The Hall–Kier alpha value is -8.60. The highest BCUT2D eigenvalue weighted by Gasteiger charge is 2.53. The molecule has 0 N–H and O–H groups in total. The molecule has 0 saturated heterocycles. The topological polar surface area (TPSA) is 34.5 Å². The second kappa shape index (κ2) is 13.8. The van der Waals surface area contributed by atoms with Gasteiger partial charge in [-0.25, -0.2) is 0 Å². The van der Waals surface area contributed by atoms with Crippen LogP contribution in [0.1, 0.15) is 79.6 Å². The van der Waals surface area contributed by atoms with Crippen molar-refractivity contribution in [2.45, 2.75) is 56.9 Å². The first-order chi connectivity index (χ1) is 36.5. The zero-order valence-electron chi connectivity index (χ0n) is 43.1. The maximum atomic E-state index is 7.20. The number of hydrogen-bond acceptors (Lipinski definition) is 3. The Kier molecular flexibility index (Phi) is 7.67. The van der Waals surface area contributed by atoms with E-state index < -0.39 is 5.54 Å². The number of likely N-dealkylation sites (N-methyl/N-ethyl adjacent to an activating group) is 1. The summed E-state index contributed by atoms with van der Waals surface area (Å²) < 4.78 is 16.9. The lowest BCUT2D eigenvalue weighted by Crippen LogP contribution is -2.43. The third kappa shape index (κ3) is 4.87. The third-order valence-electron chi connectivity index (χ3n) is 19.2. The summed E-state index contributed by atoms with van der Waals surface area (Å²) in [5.74, 6) is 0.0244. The number of fused-ring (bicyclic) bond motifs is 25. The number of furan rings is 2. The van der Waals surface area contributed by atoms with Crippen molar-refractivity contribution in [2.24, 2.45) is 7.05 Å². The zero-order chi connectivity index (χ0) is 50.2. The Morgan fingerprint density at radius 2 is 0.893 bits per heavy atom. The number of aryl methyl sites for hydroxylation is 1. The van der Waals surface area contributed by atoms with Gasteiger partial charge in [0, 0.05) is 80.2 Å². The monoisotopic (exact) mass is 964 g/mol. The summed E-state index contributed by atoms with van der Waals surface area (Å²) in [4.78, 5) is 2.60. The van der Waals surface area contributed by atoms with E-state index in [2.05, 4.69) is 240 Å². The summed E-state index contributed by atoms with van der Waals surface area (Å²) in [5.41, 5.74) is 24.7. The standard InChI is InChI=1S/C71H52N2O2/c1-69(2)51-28-16-12-24-42(51)60-40-22-10-8-20-38(40)47(34-54(60)69)49-36-56-62(63-44-26-14-18-30-58(44)74-66(49)63)46-32-33-53-65-57(73(7)71(53,5)68(46)72(56)6)37-50(67-64(65)45-27-15-19-31-59(45)75-67)48-35-55-61(41-23-11-9-21-39(41)48)43-25-13-17-29-52(43)70(55,3)4/h8-37,53H,1-7H3. The van der Waals surface area contributed by atoms with Gasteiger partial charge in [-0.3, -0.25) is 0 Å². The van der Waals surface area contributed by atoms with Crippen LogP contribution in [-0.2, 0) is 23.4 Å². The first-order valence-electron chi connectivity index (χ1n) is 26.7. The maximum absolute atomic E-state index is 7.20. The van der Waals surface area contributed by atoms with E-state index >= 15 is 0 Å². The molecule has 358 valence electrons. The van der Waals surface area contributed by atoms with Crippen LogP contribution in [0.2, 0.25) is 0 Å². The molecule has 2 atom stereocenters. The minimum atomic E-state index is -0.476. The van der Waals surface area contributed by atoms with Crippen molar-refractivity contribution in [3.8, 4) is 44.5 Å². The summed E-state index contributed by atoms with van der Waals surface area (Å²) in [6.07, 6.45) is 4.94. The largest absolute Gasteiger partial charge is 0.455 e. The third-order valence-corrected chi connectivity index (χ3v) is 19.2. The Bertz CT molecular complexity index is 4840. The Balaban J connectivity index is 0.931. The van der Waals surface area contributed by atoms with Crippen LogP contribution in [-0.4, -0.2) is 11.6 Å². The van der Waals surface area contributed by atoms with Crippen LogP contribution < -0.4 is 4.90 Å². The number of para-hydroxylation sites is 2. The molecular weight excluding hydrogens is 913 g/mol. The Labute approximate surface area is 434 Å². The Morgan fingerprint density at radius 1 is 0.427 bits per heavy atom. The lowest BCUT2D eigenvalue weighted by Gasteiger charge is -2.41. The highest BCUT2D eigenvalue weighted by Crippen LogP contribution is 2.63. The van der Waals surface area contributed by atoms with Gasteiger partial charge in [0.25, 0.3) is 0 Å². The highest BCUT2D eigenvalue weighted by atomic mass is 16.3. The average Bonchev–Trinajstić information content (AvgIpc) is 4.29. The van der Waals surface area contributed by atoms with Gasteiger partial charge in [0.15, 0.2) is 0 Å². The second-order valence-corrected chi connectivity index (χ2v) is 23.3. The normalized spacial score (nSPS) is 18.4. The Morgan fingerprint density at radius 3 is 1.47 bits per heavy atom. The van der Waals surface area contributed by atoms with Crippen LogP contribution in [0.25, 0.3) is 127 Å². The van der Waals surface area contributed by atoms with Crippen molar-refractivity contribution in [3.05, 3.63) is 215 Å². The second-order valence-electron chi connectivity index (χ2n) is 23.3. The van der Waals surface area contributed by atoms with Crippen molar-refractivity contribution in [2.75, 3.05) is 11.9 Å². The van der Waals surface area contributed by atoms with E-state index in [1.807, 2.05) is 0 Å². The van der Waals surface area contributed by atoms with Crippen molar-refractivity contribution < 1.29 is 8.83 Å². The lowest BCUT2D eigenvalue weighted by molar-refractivity contribution is 0.420. The molecule has 4 aliphatic rings. The van der Waals surface area contributed by atoms with Gasteiger partial charge in [-0.1, -0.05) is 173 Å². The van der Waals surface area contributed by atoms with Crippen molar-refractivity contribution >= 4 is 88.1 Å². The summed E-state index contributed by atoms with van der Waals surface area (Å²) in [7, 11) is 4.64. The van der Waals surface area contributed by atoms with Crippen LogP contribution in [0, 0.1) is 0 Å². The molecule has 0 saturated carbocycles. The van der Waals surface area contributed by atoms with Crippen LogP contribution in [0.3, 0.4) is 0 Å². The van der Waals surface area contributed by atoms with Crippen molar-refractivity contribution in [3.63, 3.8) is 0 Å². The summed E-state index contributed by atoms with van der Waals surface area (Å²) in [6.45, 7) is 12.0. The quantitative estimate of drug-likeness (QED) is 0.173. The molecule has 3 aromatic heterocycles. The van der Waals surface area contributed by atoms with Crippen LogP contribution in [0.15, 0.2) is 185 Å². The highest BCUT2D eigenvalue weighted by molar-refractivity contribution is 6.26. The molecule has 17 rings (SSSR count). The van der Waals surface area contributed by atoms with Gasteiger partial charge in [0.1, 0.15) is 22.3 Å². The fourth-order valence-electron chi connectivity index (χ4n) is 15.6. The van der Waals surface area contributed by atoms with Gasteiger partial charge in [0.2, 0.25) is 0 Å². The van der Waals surface area contributed by atoms with E-state index in [9.17, 15) is 0 Å². The summed E-state index contributed by atoms with van der Waals surface area (Å²) in [5, 5.41) is 10.9. The molecule has 4 heteroatoms. The number of aromatic nitrogens is 1. The van der Waals surface area contributed by atoms with Gasteiger partial charge >= 0.3 is 0 Å². The molecule has 1 aliphatic heterocycles. The van der Waals surface area contributed by atoms with Crippen LogP contribution in [0.5, 0.6) is 0 Å². The first kappa shape index (κ1) is 41.8. The molecular formula is C71H52N2O2. The van der Waals surface area contributed by atoms with E-state index in [0.29, 0.717) is 0 Å². The molecule has 10 aromatic carbocycles. The van der Waals surface area contributed by atoms with Gasteiger partial charge < -0.3 is 18.3 Å². The summed E-state index contributed by atoms with van der Waals surface area (Å²) >= 11 is 0. The maximum Gasteiger partial charge on any atom is 0.144 e. The van der Waals surface area contributed by atoms with Crippen LogP contribution in [0.4, 0.5) is 5.69 Å². The lowest BCUT2D eigenvalue weighted by atomic mass is 9.74. The van der Waals surface area contributed by atoms with E-state index in [1.54, 1.807) is 0 Å². The molecule has 75 heavy (non-hydrogen) atoms. The molecule has 2 unspecified atom stereocenters. The SMILES string of the molecule is CN1c2cc(-c3cc4c(c5ccccc35)-c3ccccc3C4(C)C)c3oc4ccccc4c3c2C2C=Cc3c(n(C)c4cc(-c5cc6c(c7ccccc57)-c5ccccc5C6(C)C)c5oc6ccccc6c5c34)C21C. The van der Waals surface area contributed by atoms with Crippen molar-refractivity contribution in [1.82, 2.24) is 4.57 Å². The molecule has 0 bridgehead atoms. The number of hydrogen-bond donors (Lipinski definition) is 0. The van der Waals surface area contributed by atoms with Gasteiger partial charge in [-0.15, -0.1) is 0 Å². The minimum Gasteiger partial charge on any atom is -0.455 e. The molecule has 0 fully saturated rings. The number of benzene rings is 10. The van der Waals surface area contributed by atoms with E-state index in [0.717, 1.165) is 44.2 Å². The molecule has 0 radical (unpaired) electrons. The molecule has 3 aliphatic carbocycles. The fourth-order valence-corrected chi connectivity index (χ4v) is 15.6. The van der Waals surface area contributed by atoms with Gasteiger partial charge in [0.05, 0.1) is 16.7 Å². The number of nitrogens with zero attached hydrogens (tertiary/aromatic N) is 2. The minimum absolute atomic E-state index is 0.0244. The average molecular weight is 965 g/mol. The van der Waals surface area contributed by atoms with E-state index in [1.165, 1.54) is 121 Å². The molecule has 4 nitrogen and oxygen atoms in total. The first-order valence-corrected chi connectivity index (χ1v) is 26.7. The molecule has 4 heterocycles. The number of anilines is 1. The predicted octanol–water partition coefficient (Wildman–Crippen LogP) is 18.7.